The molecule has 246 valence electrons. The lowest BCUT2D eigenvalue weighted by Gasteiger charge is -2.26. The van der Waals surface area contributed by atoms with Gasteiger partial charge in [0.15, 0.2) is 0 Å². The van der Waals surface area contributed by atoms with Gasteiger partial charge in [0, 0.05) is 12.1 Å². The topological polar surface area (TPSA) is 152 Å². The van der Waals surface area contributed by atoms with Crippen LogP contribution in [0.25, 0.3) is 0 Å². The van der Waals surface area contributed by atoms with Gasteiger partial charge in [0.2, 0.25) is 11.8 Å². The van der Waals surface area contributed by atoms with Gasteiger partial charge in [0.05, 0.1) is 13.2 Å². The zero-order valence-electron chi connectivity index (χ0n) is 26.1. The number of hydrogen-bond acceptors (Lipinski definition) is 7. The Morgan fingerprint density at radius 3 is 1.87 bits per heavy atom. The molecule has 0 heterocycles. The summed E-state index contributed by atoms with van der Waals surface area (Å²) >= 11 is 0. The number of Topliss-reactive ketones (excluding diaryl/α,β-unsaturated/α-hetero) is 1. The number of benzene rings is 2. The molecule has 0 aliphatic heterocycles. The molecule has 0 aliphatic carbocycles. The number of methoxy groups -OCH3 is 1. The van der Waals surface area contributed by atoms with E-state index in [4.69, 9.17) is 9.47 Å². The van der Waals surface area contributed by atoms with E-state index in [1.54, 1.807) is 32.9 Å². The maximum absolute atomic E-state index is 13.2. The number of halogens is 3. The van der Waals surface area contributed by atoms with Gasteiger partial charge >= 0.3 is 12.3 Å². The standard InChI is InChI=1S/C31H39F3N4O7/c1-17(2)23(25(39)31(32,33)34)37-28(42)24(20-12-14-22(44-7)15-13-20)38-26(40)18(3)36-27(41)21-10-8-19(9-11-21)16-35-29(43)45-30(4,5)6/h8-15,17-18,23-24H,16H2,1-7H3,(H,35,43)(H,36,41)(H,37,42)(H,38,40). The molecule has 0 aromatic heterocycles. The van der Waals surface area contributed by atoms with Crippen molar-refractivity contribution in [1.29, 1.82) is 0 Å². The van der Waals surface area contributed by atoms with Gasteiger partial charge in [-0.3, -0.25) is 19.2 Å². The fraction of sp³-hybridized carbons (Fsp3) is 0.452. The fourth-order valence-corrected chi connectivity index (χ4v) is 3.92. The van der Waals surface area contributed by atoms with Crippen molar-refractivity contribution in [3.63, 3.8) is 0 Å². The maximum atomic E-state index is 13.2. The van der Waals surface area contributed by atoms with Crippen molar-refractivity contribution in [2.24, 2.45) is 5.92 Å². The van der Waals surface area contributed by atoms with E-state index in [1.165, 1.54) is 64.3 Å². The molecule has 0 radical (unpaired) electrons. The second-order valence-electron chi connectivity index (χ2n) is 11.6. The highest BCUT2D eigenvalue weighted by Gasteiger charge is 2.45. The van der Waals surface area contributed by atoms with Crippen LogP contribution in [0.15, 0.2) is 48.5 Å². The minimum absolute atomic E-state index is 0.149. The van der Waals surface area contributed by atoms with Crippen LogP contribution < -0.4 is 26.0 Å². The number of ketones is 1. The fourth-order valence-electron chi connectivity index (χ4n) is 3.92. The number of carbonyl (C=O) groups excluding carboxylic acids is 5. The molecule has 0 saturated carbocycles. The first-order valence-electron chi connectivity index (χ1n) is 14.0. The Balaban J connectivity index is 2.15. The van der Waals surface area contributed by atoms with E-state index in [9.17, 15) is 37.1 Å². The zero-order chi connectivity index (χ0) is 34.1. The molecule has 2 rings (SSSR count). The first-order chi connectivity index (χ1) is 20.8. The van der Waals surface area contributed by atoms with Crippen LogP contribution in [-0.2, 0) is 25.7 Å². The number of alkyl halides is 3. The van der Waals surface area contributed by atoms with E-state index in [1.807, 2.05) is 0 Å². The molecule has 0 saturated heterocycles. The number of alkyl carbamates (subject to hydrolysis) is 1. The minimum atomic E-state index is -5.19. The molecular formula is C31H39F3N4O7. The van der Waals surface area contributed by atoms with Gasteiger partial charge in [-0.05, 0) is 69.0 Å². The van der Waals surface area contributed by atoms with Crippen molar-refractivity contribution in [2.45, 2.75) is 78.0 Å². The van der Waals surface area contributed by atoms with Gasteiger partial charge in [-0.1, -0.05) is 38.1 Å². The Hall–Kier alpha value is -4.62. The van der Waals surface area contributed by atoms with Crippen LogP contribution in [0.3, 0.4) is 0 Å². The average molecular weight is 637 g/mol. The quantitative estimate of drug-likeness (QED) is 0.275. The average Bonchev–Trinajstić information content (AvgIpc) is 2.95. The third-order valence-electron chi connectivity index (χ3n) is 6.32. The van der Waals surface area contributed by atoms with Crippen molar-refractivity contribution >= 4 is 29.6 Å². The summed E-state index contributed by atoms with van der Waals surface area (Å²) in [6.45, 7) is 9.40. The molecule has 0 fully saturated rings. The van der Waals surface area contributed by atoms with Crippen LogP contribution in [0.5, 0.6) is 5.75 Å². The zero-order valence-corrected chi connectivity index (χ0v) is 26.1. The molecule has 0 spiro atoms. The molecular weight excluding hydrogens is 597 g/mol. The van der Waals surface area contributed by atoms with E-state index in [0.717, 1.165) is 0 Å². The molecule has 0 aliphatic rings. The van der Waals surface area contributed by atoms with Crippen LogP contribution in [0.2, 0.25) is 0 Å². The molecule has 45 heavy (non-hydrogen) atoms. The summed E-state index contributed by atoms with van der Waals surface area (Å²) in [7, 11) is 1.41. The Morgan fingerprint density at radius 1 is 0.800 bits per heavy atom. The Bertz CT molecular complexity index is 1360. The Kier molecular flexibility index (Phi) is 12.5. The summed E-state index contributed by atoms with van der Waals surface area (Å²) in [5.74, 6) is -5.11. The van der Waals surface area contributed by atoms with Crippen molar-refractivity contribution in [1.82, 2.24) is 21.3 Å². The van der Waals surface area contributed by atoms with Crippen LogP contribution in [0.1, 0.15) is 69.1 Å². The predicted molar refractivity (Wildman–Crippen MR) is 158 cm³/mol. The summed E-state index contributed by atoms with van der Waals surface area (Å²) < 4.78 is 49.9. The highest BCUT2D eigenvalue weighted by molar-refractivity contribution is 5.99. The Morgan fingerprint density at radius 2 is 1.38 bits per heavy atom. The van der Waals surface area contributed by atoms with Crippen molar-refractivity contribution in [3.8, 4) is 5.75 Å². The van der Waals surface area contributed by atoms with E-state index >= 15 is 0 Å². The maximum Gasteiger partial charge on any atom is 0.452 e. The van der Waals surface area contributed by atoms with Crippen LogP contribution in [0.4, 0.5) is 18.0 Å². The van der Waals surface area contributed by atoms with Crippen LogP contribution in [-0.4, -0.2) is 60.6 Å². The molecule has 4 N–H and O–H groups in total. The second kappa shape index (κ2) is 15.4. The number of nitrogens with one attached hydrogen (secondary N) is 4. The largest absolute Gasteiger partial charge is 0.497 e. The smallest absolute Gasteiger partial charge is 0.452 e. The molecule has 0 bridgehead atoms. The lowest BCUT2D eigenvalue weighted by Crippen LogP contribution is -2.54. The lowest BCUT2D eigenvalue weighted by molar-refractivity contribution is -0.175. The lowest BCUT2D eigenvalue weighted by atomic mass is 9.97. The summed E-state index contributed by atoms with van der Waals surface area (Å²) in [4.78, 5) is 63.0. The number of rotatable bonds is 12. The van der Waals surface area contributed by atoms with E-state index in [-0.39, 0.29) is 17.7 Å². The normalized spacial score (nSPS) is 13.6. The van der Waals surface area contributed by atoms with E-state index < -0.39 is 65.4 Å². The van der Waals surface area contributed by atoms with E-state index in [0.29, 0.717) is 11.3 Å². The number of hydrogen-bond donors (Lipinski definition) is 4. The number of ether oxygens (including phenoxy) is 2. The summed E-state index contributed by atoms with van der Waals surface area (Å²) in [6.07, 6.45) is -5.79. The summed E-state index contributed by atoms with van der Waals surface area (Å²) in [5, 5.41) is 9.68. The highest BCUT2D eigenvalue weighted by atomic mass is 19.4. The Labute approximate surface area is 259 Å². The van der Waals surface area contributed by atoms with Crippen molar-refractivity contribution in [2.75, 3.05) is 7.11 Å². The molecule has 4 amide bonds. The van der Waals surface area contributed by atoms with Crippen LogP contribution in [0, 0.1) is 5.92 Å². The van der Waals surface area contributed by atoms with Gasteiger partial charge in [0.1, 0.15) is 23.4 Å². The summed E-state index contributed by atoms with van der Waals surface area (Å²) in [5.41, 5.74) is 0.416. The number of carbonyl (C=O) groups is 5. The first-order valence-corrected chi connectivity index (χ1v) is 14.0. The highest BCUT2D eigenvalue weighted by Crippen LogP contribution is 2.23. The molecule has 2 aromatic carbocycles. The molecule has 3 unspecified atom stereocenters. The molecule has 3 atom stereocenters. The van der Waals surface area contributed by atoms with Gasteiger partial charge in [0.25, 0.3) is 11.7 Å². The van der Waals surface area contributed by atoms with E-state index in [2.05, 4.69) is 21.3 Å². The number of amides is 4. The minimum Gasteiger partial charge on any atom is -0.497 e. The summed E-state index contributed by atoms with van der Waals surface area (Å²) in [6, 6.07) is 7.44. The predicted octanol–water partition coefficient (Wildman–Crippen LogP) is 3.97. The SMILES string of the molecule is COc1ccc(C(NC(=O)C(C)NC(=O)c2ccc(CNC(=O)OC(C)(C)C)cc2)C(=O)NC(C(=O)C(F)(F)F)C(C)C)cc1. The monoisotopic (exact) mass is 636 g/mol. The van der Waals surface area contributed by atoms with Gasteiger partial charge in [-0.15, -0.1) is 0 Å². The molecule has 2 aromatic rings. The van der Waals surface area contributed by atoms with Crippen LogP contribution >= 0.6 is 0 Å². The van der Waals surface area contributed by atoms with Gasteiger partial charge in [-0.2, -0.15) is 13.2 Å². The third-order valence-corrected chi connectivity index (χ3v) is 6.32. The molecule has 14 heteroatoms. The van der Waals surface area contributed by atoms with Gasteiger partial charge < -0.3 is 30.7 Å². The first kappa shape index (κ1) is 36.6. The third kappa shape index (κ3) is 11.4. The second-order valence-corrected chi connectivity index (χ2v) is 11.6. The van der Waals surface area contributed by atoms with Gasteiger partial charge in [-0.25, -0.2) is 4.79 Å². The van der Waals surface area contributed by atoms with Crippen molar-refractivity contribution < 1.29 is 46.6 Å². The van der Waals surface area contributed by atoms with Crippen molar-refractivity contribution in [3.05, 3.63) is 65.2 Å². The molecule has 11 nitrogen and oxygen atoms in total.